The lowest BCUT2D eigenvalue weighted by molar-refractivity contribution is -0.123. The summed E-state index contributed by atoms with van der Waals surface area (Å²) in [6.45, 7) is 6.65. The molecule has 182 valence electrons. The van der Waals surface area contributed by atoms with Gasteiger partial charge >= 0.3 is 0 Å². The van der Waals surface area contributed by atoms with Gasteiger partial charge in [-0.3, -0.25) is 10.1 Å². The second-order valence-corrected chi connectivity index (χ2v) is 8.63. The van der Waals surface area contributed by atoms with Crippen molar-refractivity contribution in [3.8, 4) is 0 Å². The molecule has 1 amide bonds. The van der Waals surface area contributed by atoms with Crippen LogP contribution in [0.5, 0.6) is 0 Å². The zero-order chi connectivity index (χ0) is 23.8. The van der Waals surface area contributed by atoms with Crippen molar-refractivity contribution in [3.63, 3.8) is 0 Å². The van der Waals surface area contributed by atoms with Gasteiger partial charge < -0.3 is 31.3 Å². The van der Waals surface area contributed by atoms with E-state index in [1.165, 1.54) is 0 Å². The number of hydrogen-bond donors (Lipinski definition) is 5. The van der Waals surface area contributed by atoms with E-state index in [1.807, 2.05) is 31.2 Å². The summed E-state index contributed by atoms with van der Waals surface area (Å²) < 4.78 is 5.54. The van der Waals surface area contributed by atoms with Crippen LogP contribution in [-0.4, -0.2) is 63.5 Å². The van der Waals surface area contributed by atoms with Crippen molar-refractivity contribution in [3.05, 3.63) is 59.7 Å². The van der Waals surface area contributed by atoms with Gasteiger partial charge in [0.05, 0.1) is 19.3 Å². The first kappa shape index (κ1) is 24.0. The maximum absolute atomic E-state index is 13.1. The van der Waals surface area contributed by atoms with E-state index in [0.717, 1.165) is 35.6 Å². The minimum Gasteiger partial charge on any atom is -0.378 e. The maximum atomic E-state index is 13.1. The molecule has 4 rings (SSSR count). The van der Waals surface area contributed by atoms with E-state index in [1.54, 1.807) is 0 Å². The van der Waals surface area contributed by atoms with Crippen molar-refractivity contribution in [2.75, 3.05) is 49.6 Å². The predicted octanol–water partition coefficient (Wildman–Crippen LogP) is 1.02. The van der Waals surface area contributed by atoms with Gasteiger partial charge in [0.15, 0.2) is 5.96 Å². The molecular weight excluding hydrogens is 430 g/mol. The maximum Gasteiger partial charge on any atom is 0.237 e. The van der Waals surface area contributed by atoms with Gasteiger partial charge in [-0.05, 0) is 42.7 Å². The number of benzene rings is 2. The number of amides is 1. The summed E-state index contributed by atoms with van der Waals surface area (Å²) in [5.74, 6) is 0.331. The Labute approximate surface area is 201 Å². The molecule has 2 aliphatic heterocycles. The second-order valence-electron chi connectivity index (χ2n) is 8.63. The minimum atomic E-state index is -0.361. The van der Waals surface area contributed by atoms with Crippen molar-refractivity contribution in [1.29, 1.82) is 0 Å². The highest BCUT2D eigenvalue weighted by Gasteiger charge is 2.21. The first-order valence-corrected chi connectivity index (χ1v) is 11.9. The monoisotopic (exact) mass is 465 g/mol. The molecule has 6 N–H and O–H groups in total. The lowest BCUT2D eigenvalue weighted by Crippen LogP contribution is -2.47. The van der Waals surface area contributed by atoms with Gasteiger partial charge in [-0.25, -0.2) is 4.99 Å². The van der Waals surface area contributed by atoms with Crippen LogP contribution >= 0.6 is 0 Å². The van der Waals surface area contributed by atoms with Crippen molar-refractivity contribution >= 4 is 23.2 Å². The normalized spacial score (nSPS) is 22.6. The third kappa shape index (κ3) is 6.69. The molecule has 2 heterocycles. The number of morpholine rings is 1. The highest BCUT2D eigenvalue weighted by Crippen LogP contribution is 2.26. The lowest BCUT2D eigenvalue weighted by Gasteiger charge is -2.31. The first-order valence-electron chi connectivity index (χ1n) is 11.9. The summed E-state index contributed by atoms with van der Waals surface area (Å²) in [6.07, 6.45) is 0.428. The molecule has 0 aromatic heterocycles. The van der Waals surface area contributed by atoms with Crippen LogP contribution in [0.4, 0.5) is 11.4 Å². The Morgan fingerprint density at radius 2 is 1.88 bits per heavy atom. The van der Waals surface area contributed by atoms with Gasteiger partial charge in [-0.1, -0.05) is 30.3 Å². The molecule has 1 saturated heterocycles. The highest BCUT2D eigenvalue weighted by molar-refractivity contribution is 5.92. The number of ether oxygens (including phenoxy) is 1. The van der Waals surface area contributed by atoms with Crippen LogP contribution < -0.4 is 31.9 Å². The third-order valence-electron chi connectivity index (χ3n) is 6.04. The summed E-state index contributed by atoms with van der Waals surface area (Å²) in [4.78, 5) is 19.9. The van der Waals surface area contributed by atoms with E-state index in [9.17, 15) is 4.79 Å². The zero-order valence-electron chi connectivity index (χ0n) is 19.7. The highest BCUT2D eigenvalue weighted by atomic mass is 16.5. The van der Waals surface area contributed by atoms with Crippen molar-refractivity contribution in [2.45, 2.75) is 32.1 Å². The number of anilines is 2. The molecule has 1 fully saturated rings. The van der Waals surface area contributed by atoms with Crippen molar-refractivity contribution in [2.24, 2.45) is 10.7 Å². The zero-order valence-corrected chi connectivity index (χ0v) is 19.7. The number of nitrogens with two attached hydrogens (primary N) is 1. The molecule has 2 aromatic carbocycles. The number of fused-ring (bicyclic) bond motifs is 2. The van der Waals surface area contributed by atoms with Crippen LogP contribution in [0, 0.1) is 0 Å². The van der Waals surface area contributed by atoms with Crippen LogP contribution in [0.25, 0.3) is 0 Å². The van der Waals surface area contributed by atoms with Crippen LogP contribution in [-0.2, 0) is 22.5 Å². The number of carbonyl (C=O) groups excluding carboxylic acids is 1. The fourth-order valence-corrected chi connectivity index (χ4v) is 4.28. The Morgan fingerprint density at radius 1 is 1.09 bits per heavy atom. The van der Waals surface area contributed by atoms with E-state index < -0.39 is 0 Å². The van der Waals surface area contributed by atoms with Gasteiger partial charge in [-0.15, -0.1) is 0 Å². The van der Waals surface area contributed by atoms with E-state index in [2.05, 4.69) is 55.4 Å². The quantitative estimate of drug-likeness (QED) is 0.460. The van der Waals surface area contributed by atoms with E-state index in [0.29, 0.717) is 45.2 Å². The van der Waals surface area contributed by atoms with Crippen molar-refractivity contribution in [1.82, 2.24) is 16.0 Å². The topological polar surface area (TPSA) is 116 Å². The molecule has 0 radical (unpaired) electrons. The van der Waals surface area contributed by atoms with Gasteiger partial charge in [0, 0.05) is 44.1 Å². The molecule has 1 unspecified atom stereocenters. The van der Waals surface area contributed by atoms with E-state index in [4.69, 9.17) is 10.5 Å². The molecule has 34 heavy (non-hydrogen) atoms. The van der Waals surface area contributed by atoms with Gasteiger partial charge in [-0.2, -0.15) is 0 Å². The summed E-state index contributed by atoms with van der Waals surface area (Å²) >= 11 is 0. The number of nitrogens with zero attached hydrogens (tertiary/aromatic N) is 2. The molecule has 2 aliphatic rings. The number of aliphatic imine (C=N–C) groups is 1. The SMILES string of the molecule is CC1N=C(N)Nc2ccc(N3CCOCC3)c(c2)CN[C@@H](Cc2ccccc2)C(=O)NCCN1. The Hall–Kier alpha value is -3.14. The smallest absolute Gasteiger partial charge is 0.237 e. The van der Waals surface area contributed by atoms with Crippen LogP contribution in [0.15, 0.2) is 53.5 Å². The first-order chi connectivity index (χ1) is 16.6. The largest absolute Gasteiger partial charge is 0.378 e. The van der Waals surface area contributed by atoms with Gasteiger partial charge in [0.2, 0.25) is 5.91 Å². The second kappa shape index (κ2) is 11.8. The molecule has 0 spiro atoms. The minimum absolute atomic E-state index is 0.0154. The van der Waals surface area contributed by atoms with E-state index >= 15 is 0 Å². The average Bonchev–Trinajstić information content (AvgIpc) is 2.85. The summed E-state index contributed by atoms with van der Waals surface area (Å²) in [5.41, 5.74) is 10.3. The fraction of sp³-hybridized carbons (Fsp3) is 0.440. The summed E-state index contributed by atoms with van der Waals surface area (Å²) in [7, 11) is 0. The van der Waals surface area contributed by atoms with Crippen LogP contribution in [0.1, 0.15) is 18.1 Å². The number of hydrogen-bond acceptors (Lipinski definition) is 8. The third-order valence-corrected chi connectivity index (χ3v) is 6.04. The Balaban J connectivity index is 1.62. The Bertz CT molecular complexity index is 976. The summed E-state index contributed by atoms with van der Waals surface area (Å²) in [6, 6.07) is 15.9. The molecule has 9 heteroatoms. The van der Waals surface area contributed by atoms with Crippen LogP contribution in [0.2, 0.25) is 0 Å². The van der Waals surface area contributed by atoms with Gasteiger partial charge in [0.1, 0.15) is 6.17 Å². The van der Waals surface area contributed by atoms with E-state index in [-0.39, 0.29) is 18.1 Å². The Morgan fingerprint density at radius 3 is 2.68 bits per heavy atom. The molecule has 0 saturated carbocycles. The fourth-order valence-electron chi connectivity index (χ4n) is 4.28. The molecular formula is C25H35N7O2. The Kier molecular flexibility index (Phi) is 8.35. The number of guanidine groups is 1. The molecule has 2 aromatic rings. The number of carbonyl (C=O) groups is 1. The van der Waals surface area contributed by atoms with Crippen molar-refractivity contribution < 1.29 is 9.53 Å². The molecule has 0 aliphatic carbocycles. The molecule has 2 atom stereocenters. The van der Waals surface area contributed by atoms with Crippen LogP contribution in [0.3, 0.4) is 0 Å². The predicted molar refractivity (Wildman–Crippen MR) is 136 cm³/mol. The number of nitrogens with one attached hydrogen (secondary N) is 4. The summed E-state index contributed by atoms with van der Waals surface area (Å²) in [5, 5.41) is 13.0. The lowest BCUT2D eigenvalue weighted by atomic mass is 10.0. The number of rotatable bonds is 3. The van der Waals surface area contributed by atoms with Gasteiger partial charge in [0.25, 0.3) is 0 Å². The average molecular weight is 466 g/mol. The molecule has 9 nitrogen and oxygen atoms in total. The molecule has 2 bridgehead atoms. The standard InChI is InChI=1S/C25H35N7O2/c1-18-27-9-10-28-24(33)22(15-19-5-3-2-4-6-19)29-17-20-16-21(31-25(26)30-18)7-8-23(20)32-11-13-34-14-12-32/h2-8,16,18,22,27,29H,9-15,17H2,1H3,(H,28,33)(H3,26,30,31)/t18?,22-/m0/s1.